The molecule has 3 aromatic rings. The Morgan fingerprint density at radius 2 is 1.64 bits per heavy atom. The molecule has 1 heterocycles. The van der Waals surface area contributed by atoms with Crippen molar-refractivity contribution in [1.82, 2.24) is 9.97 Å². The number of aromatic nitrogens is 2. The van der Waals surface area contributed by atoms with Gasteiger partial charge in [-0.3, -0.25) is 0 Å². The number of nitrogens with zero attached hydrogens (tertiary/aromatic N) is 3. The third-order valence-electron chi connectivity index (χ3n) is 4.07. The van der Waals surface area contributed by atoms with Gasteiger partial charge in [0.1, 0.15) is 5.82 Å². The first-order chi connectivity index (χ1) is 12.4. The Balaban J connectivity index is 1.59. The van der Waals surface area contributed by atoms with Crippen LogP contribution >= 0.6 is 0 Å². The Hall–Kier alpha value is -2.88. The molecule has 0 unspecified atom stereocenters. The fourth-order valence-electron chi connectivity index (χ4n) is 2.81. The highest BCUT2D eigenvalue weighted by Gasteiger charge is 2.09. The summed E-state index contributed by atoms with van der Waals surface area (Å²) in [5.74, 6) is 1.59. The van der Waals surface area contributed by atoms with Crippen molar-refractivity contribution in [1.29, 1.82) is 0 Å². The first-order valence-corrected chi connectivity index (χ1v) is 8.80. The zero-order chi connectivity index (χ0) is 17.3. The standard InChI is InChI=1S/C21H24N4/c1-2-25(19-13-7-4-8-14-19)20-15-17-23-21(24-20)22-16-9-12-18-10-5-3-6-11-18/h3-8,10-11,13-15,17H,2,9,12,16H2,1H3,(H,22,23,24). The lowest BCUT2D eigenvalue weighted by molar-refractivity contribution is 0.851. The fourth-order valence-corrected chi connectivity index (χ4v) is 2.81. The maximum atomic E-state index is 4.67. The van der Waals surface area contributed by atoms with Crippen LogP contribution in [0.3, 0.4) is 0 Å². The predicted octanol–water partition coefficient (Wildman–Crippen LogP) is 4.68. The molecular weight excluding hydrogens is 308 g/mol. The molecule has 128 valence electrons. The molecule has 2 aromatic carbocycles. The van der Waals surface area contributed by atoms with Crippen LogP contribution in [0.5, 0.6) is 0 Å². The largest absolute Gasteiger partial charge is 0.354 e. The normalized spacial score (nSPS) is 10.4. The number of hydrogen-bond donors (Lipinski definition) is 1. The quantitative estimate of drug-likeness (QED) is 0.608. The second kappa shape index (κ2) is 8.83. The van der Waals surface area contributed by atoms with Crippen LogP contribution in [0.2, 0.25) is 0 Å². The van der Waals surface area contributed by atoms with E-state index in [1.165, 1.54) is 5.56 Å². The van der Waals surface area contributed by atoms with E-state index < -0.39 is 0 Å². The molecule has 0 saturated carbocycles. The van der Waals surface area contributed by atoms with Gasteiger partial charge in [0.25, 0.3) is 0 Å². The van der Waals surface area contributed by atoms with E-state index in [2.05, 4.69) is 63.5 Å². The van der Waals surface area contributed by atoms with Gasteiger partial charge in [-0.1, -0.05) is 48.5 Å². The number of nitrogens with one attached hydrogen (secondary N) is 1. The van der Waals surface area contributed by atoms with E-state index >= 15 is 0 Å². The van der Waals surface area contributed by atoms with Crippen molar-refractivity contribution in [3.8, 4) is 0 Å². The topological polar surface area (TPSA) is 41.1 Å². The summed E-state index contributed by atoms with van der Waals surface area (Å²) in [7, 11) is 0. The second-order valence-corrected chi connectivity index (χ2v) is 5.83. The van der Waals surface area contributed by atoms with E-state index in [4.69, 9.17) is 0 Å². The van der Waals surface area contributed by atoms with Crippen LogP contribution in [-0.4, -0.2) is 23.1 Å². The van der Waals surface area contributed by atoms with E-state index in [1.54, 1.807) is 0 Å². The summed E-state index contributed by atoms with van der Waals surface area (Å²) < 4.78 is 0. The average Bonchev–Trinajstić information content (AvgIpc) is 2.68. The molecule has 0 spiro atoms. The summed E-state index contributed by atoms with van der Waals surface area (Å²) in [5.41, 5.74) is 2.50. The number of aryl methyl sites for hydroxylation is 1. The molecule has 0 saturated heterocycles. The first-order valence-electron chi connectivity index (χ1n) is 8.80. The Kier molecular flexibility index (Phi) is 5.99. The fraction of sp³-hybridized carbons (Fsp3) is 0.238. The van der Waals surface area contributed by atoms with Crippen molar-refractivity contribution in [2.45, 2.75) is 19.8 Å². The van der Waals surface area contributed by atoms with Crippen LogP contribution in [0.4, 0.5) is 17.5 Å². The summed E-state index contributed by atoms with van der Waals surface area (Å²) >= 11 is 0. The minimum absolute atomic E-state index is 0.681. The Bertz CT molecular complexity index is 759. The highest BCUT2D eigenvalue weighted by molar-refractivity contribution is 5.60. The van der Waals surface area contributed by atoms with Crippen LogP contribution < -0.4 is 10.2 Å². The van der Waals surface area contributed by atoms with Crippen LogP contribution in [0, 0.1) is 0 Å². The van der Waals surface area contributed by atoms with Crippen LogP contribution in [-0.2, 0) is 6.42 Å². The van der Waals surface area contributed by atoms with Gasteiger partial charge in [0, 0.05) is 25.0 Å². The average molecular weight is 332 g/mol. The minimum Gasteiger partial charge on any atom is -0.354 e. The lowest BCUT2D eigenvalue weighted by Crippen LogP contribution is -2.18. The molecule has 0 amide bonds. The molecule has 3 rings (SSSR count). The maximum absolute atomic E-state index is 4.67. The molecule has 0 aliphatic carbocycles. The van der Waals surface area contributed by atoms with Gasteiger partial charge < -0.3 is 10.2 Å². The predicted molar refractivity (Wildman–Crippen MR) is 104 cm³/mol. The molecule has 0 aliphatic heterocycles. The van der Waals surface area contributed by atoms with Crippen molar-refractivity contribution >= 4 is 17.5 Å². The van der Waals surface area contributed by atoms with E-state index in [0.717, 1.165) is 37.4 Å². The van der Waals surface area contributed by atoms with Crippen molar-refractivity contribution in [2.75, 3.05) is 23.3 Å². The van der Waals surface area contributed by atoms with E-state index in [1.807, 2.05) is 36.5 Å². The van der Waals surface area contributed by atoms with Crippen molar-refractivity contribution in [3.05, 3.63) is 78.5 Å². The highest BCUT2D eigenvalue weighted by Crippen LogP contribution is 2.23. The van der Waals surface area contributed by atoms with Gasteiger partial charge in [-0.25, -0.2) is 4.98 Å². The summed E-state index contributed by atoms with van der Waals surface area (Å²) in [6, 6.07) is 22.8. The van der Waals surface area contributed by atoms with Gasteiger partial charge in [0.2, 0.25) is 5.95 Å². The molecule has 0 fully saturated rings. The van der Waals surface area contributed by atoms with Gasteiger partial charge in [-0.2, -0.15) is 4.98 Å². The third kappa shape index (κ3) is 4.80. The van der Waals surface area contributed by atoms with Gasteiger partial charge in [-0.15, -0.1) is 0 Å². The molecule has 4 heteroatoms. The van der Waals surface area contributed by atoms with E-state index in [0.29, 0.717) is 5.95 Å². The third-order valence-corrected chi connectivity index (χ3v) is 4.07. The molecular formula is C21H24N4. The number of hydrogen-bond acceptors (Lipinski definition) is 4. The Morgan fingerprint density at radius 1 is 0.920 bits per heavy atom. The number of para-hydroxylation sites is 1. The zero-order valence-corrected chi connectivity index (χ0v) is 14.6. The smallest absolute Gasteiger partial charge is 0.224 e. The summed E-state index contributed by atoms with van der Waals surface area (Å²) in [6.07, 6.45) is 3.92. The highest BCUT2D eigenvalue weighted by atomic mass is 15.2. The minimum atomic E-state index is 0.681. The van der Waals surface area contributed by atoms with Crippen molar-refractivity contribution in [2.24, 2.45) is 0 Å². The van der Waals surface area contributed by atoms with Crippen LogP contribution in [0.1, 0.15) is 18.9 Å². The summed E-state index contributed by atoms with van der Waals surface area (Å²) in [5, 5.41) is 3.34. The van der Waals surface area contributed by atoms with Gasteiger partial charge in [0.15, 0.2) is 0 Å². The molecule has 25 heavy (non-hydrogen) atoms. The second-order valence-electron chi connectivity index (χ2n) is 5.83. The van der Waals surface area contributed by atoms with Crippen LogP contribution in [0.25, 0.3) is 0 Å². The molecule has 4 nitrogen and oxygen atoms in total. The first kappa shape index (κ1) is 17.0. The van der Waals surface area contributed by atoms with Gasteiger partial charge in [0.05, 0.1) is 0 Å². The Labute approximate surface area is 149 Å². The monoisotopic (exact) mass is 332 g/mol. The number of rotatable bonds is 8. The molecule has 1 N–H and O–H groups in total. The molecule has 0 atom stereocenters. The SMILES string of the molecule is CCN(c1ccccc1)c1ccnc(NCCCc2ccccc2)n1. The van der Waals surface area contributed by atoms with E-state index in [-0.39, 0.29) is 0 Å². The van der Waals surface area contributed by atoms with Crippen molar-refractivity contribution < 1.29 is 0 Å². The summed E-state index contributed by atoms with van der Waals surface area (Å²) in [4.78, 5) is 11.2. The lowest BCUT2D eigenvalue weighted by Gasteiger charge is -2.22. The number of benzene rings is 2. The van der Waals surface area contributed by atoms with Crippen molar-refractivity contribution in [3.63, 3.8) is 0 Å². The molecule has 1 aromatic heterocycles. The van der Waals surface area contributed by atoms with E-state index in [9.17, 15) is 0 Å². The maximum Gasteiger partial charge on any atom is 0.224 e. The summed E-state index contributed by atoms with van der Waals surface area (Å²) in [6.45, 7) is 3.84. The van der Waals surface area contributed by atoms with Crippen LogP contribution in [0.15, 0.2) is 72.9 Å². The molecule has 0 bridgehead atoms. The molecule has 0 aliphatic rings. The van der Waals surface area contributed by atoms with Gasteiger partial charge in [-0.05, 0) is 43.5 Å². The Morgan fingerprint density at radius 3 is 2.36 bits per heavy atom. The lowest BCUT2D eigenvalue weighted by atomic mass is 10.1. The molecule has 0 radical (unpaired) electrons. The number of anilines is 3. The van der Waals surface area contributed by atoms with Gasteiger partial charge >= 0.3 is 0 Å². The zero-order valence-electron chi connectivity index (χ0n) is 14.6.